The third-order valence-electron chi connectivity index (χ3n) is 2.55. The van der Waals surface area contributed by atoms with Crippen molar-refractivity contribution in [2.45, 2.75) is 45.6 Å². The van der Waals surface area contributed by atoms with E-state index in [0.717, 1.165) is 31.8 Å². The molecule has 0 rings (SSSR count). The summed E-state index contributed by atoms with van der Waals surface area (Å²) in [5.41, 5.74) is 0. The SMILES string of the molecule is CCC(C)NC(=NC)NCCCCC(=O)OC.I. The van der Waals surface area contributed by atoms with Crippen molar-refractivity contribution in [3.63, 3.8) is 0 Å². The van der Waals surface area contributed by atoms with E-state index < -0.39 is 0 Å². The van der Waals surface area contributed by atoms with E-state index in [1.165, 1.54) is 7.11 Å². The molecule has 1 unspecified atom stereocenters. The number of carbonyl (C=O) groups is 1. The Bertz CT molecular complexity index is 247. The molecular weight excluding hydrogens is 345 g/mol. The van der Waals surface area contributed by atoms with E-state index in [1.807, 2.05) is 0 Å². The van der Waals surface area contributed by atoms with Crippen LogP contribution in [0.25, 0.3) is 0 Å². The predicted molar refractivity (Wildman–Crippen MR) is 85.5 cm³/mol. The lowest BCUT2D eigenvalue weighted by Gasteiger charge is -2.16. The largest absolute Gasteiger partial charge is 0.469 e. The first-order chi connectivity index (χ1) is 8.13. The van der Waals surface area contributed by atoms with Crippen molar-refractivity contribution in [2.75, 3.05) is 20.7 Å². The molecule has 0 aliphatic heterocycles. The van der Waals surface area contributed by atoms with E-state index in [9.17, 15) is 4.79 Å². The summed E-state index contributed by atoms with van der Waals surface area (Å²) in [6.07, 6.45) is 3.30. The van der Waals surface area contributed by atoms with Gasteiger partial charge in [0.1, 0.15) is 0 Å². The predicted octanol–water partition coefficient (Wildman–Crippen LogP) is 1.91. The van der Waals surface area contributed by atoms with Crippen LogP contribution < -0.4 is 10.6 Å². The lowest BCUT2D eigenvalue weighted by Crippen LogP contribution is -2.42. The fourth-order valence-electron chi connectivity index (χ4n) is 1.23. The Morgan fingerprint density at radius 2 is 2.06 bits per heavy atom. The van der Waals surface area contributed by atoms with Gasteiger partial charge in [0.25, 0.3) is 0 Å². The number of guanidine groups is 1. The lowest BCUT2D eigenvalue weighted by molar-refractivity contribution is -0.140. The van der Waals surface area contributed by atoms with Crippen LogP contribution in [-0.4, -0.2) is 38.7 Å². The van der Waals surface area contributed by atoms with Gasteiger partial charge in [0, 0.05) is 26.1 Å². The summed E-state index contributed by atoms with van der Waals surface area (Å²) in [4.78, 5) is 15.0. The van der Waals surface area contributed by atoms with Gasteiger partial charge in [-0.25, -0.2) is 0 Å². The van der Waals surface area contributed by atoms with Crippen LogP contribution >= 0.6 is 24.0 Å². The summed E-state index contributed by atoms with van der Waals surface area (Å²) >= 11 is 0. The number of ether oxygens (including phenoxy) is 1. The molecule has 0 aromatic carbocycles. The van der Waals surface area contributed by atoms with Crippen molar-refractivity contribution < 1.29 is 9.53 Å². The van der Waals surface area contributed by atoms with E-state index >= 15 is 0 Å². The molecule has 2 N–H and O–H groups in total. The van der Waals surface area contributed by atoms with Gasteiger partial charge in [-0.05, 0) is 26.2 Å². The van der Waals surface area contributed by atoms with Gasteiger partial charge < -0.3 is 15.4 Å². The van der Waals surface area contributed by atoms with Crippen LogP contribution in [0.2, 0.25) is 0 Å². The zero-order valence-corrected chi connectivity index (χ0v) is 14.1. The Balaban J connectivity index is 0. The van der Waals surface area contributed by atoms with Gasteiger partial charge in [-0.3, -0.25) is 9.79 Å². The molecule has 0 bridgehead atoms. The number of unbranched alkanes of at least 4 members (excludes halogenated alkanes) is 1. The highest BCUT2D eigenvalue weighted by Gasteiger charge is 2.02. The molecule has 0 aromatic heterocycles. The molecule has 0 saturated heterocycles. The van der Waals surface area contributed by atoms with Gasteiger partial charge in [-0.1, -0.05) is 6.92 Å². The van der Waals surface area contributed by atoms with Crippen molar-refractivity contribution in [1.82, 2.24) is 10.6 Å². The fourth-order valence-corrected chi connectivity index (χ4v) is 1.23. The van der Waals surface area contributed by atoms with Gasteiger partial charge in [0.15, 0.2) is 5.96 Å². The topological polar surface area (TPSA) is 62.7 Å². The first-order valence-corrected chi connectivity index (χ1v) is 6.18. The number of esters is 1. The quantitative estimate of drug-likeness (QED) is 0.236. The van der Waals surface area contributed by atoms with E-state index in [2.05, 4.69) is 34.2 Å². The summed E-state index contributed by atoms with van der Waals surface area (Å²) < 4.78 is 4.57. The number of hydrogen-bond donors (Lipinski definition) is 2. The minimum atomic E-state index is -0.146. The molecule has 5 nitrogen and oxygen atoms in total. The monoisotopic (exact) mass is 371 g/mol. The van der Waals surface area contributed by atoms with Gasteiger partial charge in [0.05, 0.1) is 7.11 Å². The molecule has 6 heteroatoms. The van der Waals surface area contributed by atoms with Crippen LogP contribution in [0.1, 0.15) is 39.5 Å². The molecule has 0 heterocycles. The molecule has 0 fully saturated rings. The average molecular weight is 371 g/mol. The number of nitrogens with one attached hydrogen (secondary N) is 2. The second kappa shape index (κ2) is 12.9. The molecule has 0 radical (unpaired) electrons. The Kier molecular flexibility index (Phi) is 14.2. The highest BCUT2D eigenvalue weighted by molar-refractivity contribution is 14.0. The molecule has 0 aliphatic rings. The van der Waals surface area contributed by atoms with Crippen LogP contribution in [-0.2, 0) is 9.53 Å². The first-order valence-electron chi connectivity index (χ1n) is 6.18. The van der Waals surface area contributed by atoms with Crippen molar-refractivity contribution in [3.05, 3.63) is 0 Å². The van der Waals surface area contributed by atoms with E-state index in [1.54, 1.807) is 7.05 Å². The molecule has 0 aliphatic carbocycles. The molecule has 18 heavy (non-hydrogen) atoms. The van der Waals surface area contributed by atoms with Crippen molar-refractivity contribution in [2.24, 2.45) is 4.99 Å². The van der Waals surface area contributed by atoms with Gasteiger partial charge in [-0.15, -0.1) is 24.0 Å². The fraction of sp³-hybridized carbons (Fsp3) is 0.833. The minimum Gasteiger partial charge on any atom is -0.469 e. The number of nitrogens with zero attached hydrogens (tertiary/aromatic N) is 1. The standard InChI is InChI=1S/C12H25N3O2.HI/c1-5-10(2)15-12(13-3)14-9-7-6-8-11(16)17-4;/h10H,5-9H2,1-4H3,(H2,13,14,15);1H. The second-order valence-corrected chi connectivity index (χ2v) is 3.99. The Morgan fingerprint density at radius 3 is 2.56 bits per heavy atom. The lowest BCUT2D eigenvalue weighted by atomic mass is 10.2. The third kappa shape index (κ3) is 10.6. The van der Waals surface area contributed by atoms with Crippen LogP contribution in [0.5, 0.6) is 0 Å². The molecule has 0 amide bonds. The maximum absolute atomic E-state index is 10.9. The molecular formula is C12H26IN3O2. The molecule has 0 aromatic rings. The Hall–Kier alpha value is -0.530. The number of hydrogen-bond acceptors (Lipinski definition) is 3. The normalized spacial score (nSPS) is 12.3. The highest BCUT2D eigenvalue weighted by atomic mass is 127. The summed E-state index contributed by atoms with van der Waals surface area (Å²) in [5.74, 6) is 0.671. The summed E-state index contributed by atoms with van der Waals surface area (Å²) in [6, 6.07) is 0.413. The molecule has 0 saturated carbocycles. The zero-order chi connectivity index (χ0) is 13.1. The van der Waals surface area contributed by atoms with Crippen LogP contribution in [0.3, 0.4) is 0 Å². The smallest absolute Gasteiger partial charge is 0.305 e. The van der Waals surface area contributed by atoms with Crippen LogP contribution in [0, 0.1) is 0 Å². The minimum absolute atomic E-state index is 0. The van der Waals surface area contributed by atoms with Gasteiger partial charge >= 0.3 is 5.97 Å². The van der Waals surface area contributed by atoms with Gasteiger partial charge in [-0.2, -0.15) is 0 Å². The van der Waals surface area contributed by atoms with Crippen molar-refractivity contribution >= 4 is 35.9 Å². The number of carbonyl (C=O) groups excluding carboxylic acids is 1. The second-order valence-electron chi connectivity index (χ2n) is 3.99. The maximum atomic E-state index is 10.9. The summed E-state index contributed by atoms with van der Waals surface area (Å²) in [7, 11) is 3.17. The van der Waals surface area contributed by atoms with E-state index in [4.69, 9.17) is 0 Å². The van der Waals surface area contributed by atoms with Crippen LogP contribution in [0.15, 0.2) is 4.99 Å². The average Bonchev–Trinajstić information content (AvgIpc) is 2.36. The summed E-state index contributed by atoms with van der Waals surface area (Å²) in [6.45, 7) is 5.05. The van der Waals surface area contributed by atoms with E-state index in [-0.39, 0.29) is 29.9 Å². The molecule has 0 spiro atoms. The van der Waals surface area contributed by atoms with Crippen LogP contribution in [0.4, 0.5) is 0 Å². The third-order valence-corrected chi connectivity index (χ3v) is 2.55. The highest BCUT2D eigenvalue weighted by Crippen LogP contribution is 1.95. The first kappa shape index (κ1) is 19.8. The maximum Gasteiger partial charge on any atom is 0.305 e. The number of halogens is 1. The van der Waals surface area contributed by atoms with Crippen molar-refractivity contribution in [3.8, 4) is 0 Å². The number of methoxy groups -OCH3 is 1. The van der Waals surface area contributed by atoms with E-state index in [0.29, 0.717) is 12.5 Å². The number of aliphatic imine (C=N–C) groups is 1. The van der Waals surface area contributed by atoms with Crippen molar-refractivity contribution in [1.29, 1.82) is 0 Å². The Morgan fingerprint density at radius 1 is 1.39 bits per heavy atom. The summed E-state index contributed by atoms with van der Waals surface area (Å²) in [5, 5.41) is 6.49. The number of rotatable bonds is 7. The van der Waals surface area contributed by atoms with Gasteiger partial charge in [0.2, 0.25) is 0 Å². The zero-order valence-electron chi connectivity index (χ0n) is 11.8. The molecule has 1 atom stereocenters. The Labute approximate surface area is 127 Å². The molecule has 108 valence electrons.